The molecular formula is C16H10Cl2N3O4-. The largest absolute Gasteiger partial charge is 0.548 e. The number of benzene rings is 2. The zero-order valence-corrected chi connectivity index (χ0v) is 14.0. The van der Waals surface area contributed by atoms with Crippen molar-refractivity contribution in [1.29, 1.82) is 0 Å². The summed E-state index contributed by atoms with van der Waals surface area (Å²) in [6.07, 6.45) is 0. The molecule has 0 saturated carbocycles. The second-order valence-electron chi connectivity index (χ2n) is 5.11. The maximum atomic E-state index is 11.0. The number of phenols is 2. The van der Waals surface area contributed by atoms with Crippen LogP contribution in [0.4, 0.5) is 0 Å². The van der Waals surface area contributed by atoms with Gasteiger partial charge in [-0.25, -0.2) is 9.67 Å². The van der Waals surface area contributed by atoms with E-state index in [1.807, 2.05) is 0 Å². The van der Waals surface area contributed by atoms with Crippen molar-refractivity contribution in [2.45, 2.75) is 6.54 Å². The first kappa shape index (κ1) is 17.1. The smallest absolute Gasteiger partial charge is 0.185 e. The third kappa shape index (κ3) is 3.52. The molecule has 7 nitrogen and oxygen atoms in total. The molecule has 25 heavy (non-hydrogen) atoms. The van der Waals surface area contributed by atoms with Gasteiger partial charge in [0.1, 0.15) is 11.5 Å². The summed E-state index contributed by atoms with van der Waals surface area (Å²) in [4.78, 5) is 15.2. The molecule has 2 aromatic carbocycles. The van der Waals surface area contributed by atoms with E-state index < -0.39 is 12.5 Å². The minimum Gasteiger partial charge on any atom is -0.548 e. The Hall–Kier alpha value is -2.77. The quantitative estimate of drug-likeness (QED) is 0.718. The number of phenolic OH excluding ortho intramolecular Hbond substituents is 2. The van der Waals surface area contributed by atoms with Crippen LogP contribution in [0.2, 0.25) is 10.0 Å². The van der Waals surface area contributed by atoms with E-state index in [2.05, 4.69) is 10.1 Å². The zero-order valence-electron chi connectivity index (χ0n) is 12.5. The third-order valence-electron chi connectivity index (χ3n) is 3.35. The maximum Gasteiger partial charge on any atom is 0.185 e. The van der Waals surface area contributed by atoms with Crippen LogP contribution in [-0.2, 0) is 11.3 Å². The molecule has 2 N–H and O–H groups in total. The Labute approximate surface area is 151 Å². The van der Waals surface area contributed by atoms with Gasteiger partial charge >= 0.3 is 0 Å². The highest BCUT2D eigenvalue weighted by Gasteiger charge is 2.19. The summed E-state index contributed by atoms with van der Waals surface area (Å²) in [6, 6.07) is 8.55. The standard InChI is InChI=1S/C16H11Cl2N3O4/c17-8-1-3-12(22)10(5-8)15-19-16(21(20-15)7-14(24)25)11-6-9(18)2-4-13(11)23/h1-6,22-23H,7H2,(H,24,25)/p-1. The van der Waals surface area contributed by atoms with Crippen LogP contribution >= 0.6 is 23.2 Å². The number of rotatable bonds is 4. The van der Waals surface area contributed by atoms with Crippen molar-refractivity contribution in [2.75, 3.05) is 0 Å². The average Bonchev–Trinajstić information content (AvgIpc) is 2.94. The molecule has 1 heterocycles. The van der Waals surface area contributed by atoms with Crippen LogP contribution in [0.1, 0.15) is 0 Å². The predicted octanol–water partition coefficient (Wildman–Crippen LogP) is 2.08. The fourth-order valence-corrected chi connectivity index (χ4v) is 2.61. The van der Waals surface area contributed by atoms with Gasteiger partial charge in [0.05, 0.1) is 23.6 Å². The molecule has 0 aliphatic heterocycles. The van der Waals surface area contributed by atoms with Gasteiger partial charge in [-0.3, -0.25) is 0 Å². The molecule has 3 rings (SSSR count). The summed E-state index contributed by atoms with van der Waals surface area (Å²) in [5.74, 6) is -1.58. The average molecular weight is 379 g/mol. The lowest BCUT2D eigenvalue weighted by molar-refractivity contribution is -0.306. The topological polar surface area (TPSA) is 111 Å². The number of aromatic hydroxyl groups is 2. The normalized spacial score (nSPS) is 10.8. The van der Waals surface area contributed by atoms with E-state index in [-0.39, 0.29) is 34.3 Å². The maximum absolute atomic E-state index is 11.0. The molecule has 9 heteroatoms. The molecule has 0 unspecified atom stereocenters. The second-order valence-corrected chi connectivity index (χ2v) is 5.98. The molecule has 0 amide bonds. The number of carbonyl (C=O) groups excluding carboxylic acids is 1. The van der Waals surface area contributed by atoms with Crippen molar-refractivity contribution < 1.29 is 20.1 Å². The van der Waals surface area contributed by atoms with Gasteiger partial charge in [0.25, 0.3) is 0 Å². The number of nitrogens with zero attached hydrogens (tertiary/aromatic N) is 3. The predicted molar refractivity (Wildman–Crippen MR) is 89.3 cm³/mol. The number of carbonyl (C=O) groups is 1. The Kier molecular flexibility index (Phi) is 4.52. The molecule has 0 saturated heterocycles. The zero-order chi connectivity index (χ0) is 18.1. The van der Waals surface area contributed by atoms with Crippen molar-refractivity contribution in [1.82, 2.24) is 14.8 Å². The number of aromatic nitrogens is 3. The van der Waals surface area contributed by atoms with Crippen molar-refractivity contribution in [3.8, 4) is 34.3 Å². The summed E-state index contributed by atoms with van der Waals surface area (Å²) >= 11 is 11.9. The van der Waals surface area contributed by atoms with Gasteiger partial charge in [-0.15, -0.1) is 5.10 Å². The lowest BCUT2D eigenvalue weighted by Crippen LogP contribution is -2.28. The lowest BCUT2D eigenvalue weighted by atomic mass is 10.1. The highest BCUT2D eigenvalue weighted by atomic mass is 35.5. The Bertz CT molecular complexity index is 972. The van der Waals surface area contributed by atoms with Crippen LogP contribution < -0.4 is 5.11 Å². The number of hydrogen-bond donors (Lipinski definition) is 2. The molecule has 0 spiro atoms. The Morgan fingerprint density at radius 3 is 2.20 bits per heavy atom. The number of hydrogen-bond acceptors (Lipinski definition) is 6. The summed E-state index contributed by atoms with van der Waals surface area (Å²) < 4.78 is 1.04. The minimum atomic E-state index is -1.39. The molecule has 0 bridgehead atoms. The Morgan fingerprint density at radius 1 is 1.04 bits per heavy atom. The third-order valence-corrected chi connectivity index (χ3v) is 3.82. The summed E-state index contributed by atoms with van der Waals surface area (Å²) in [7, 11) is 0. The van der Waals surface area contributed by atoms with E-state index in [1.54, 1.807) is 0 Å². The van der Waals surface area contributed by atoms with Crippen molar-refractivity contribution >= 4 is 29.2 Å². The van der Waals surface area contributed by atoms with Gasteiger partial charge in [-0.2, -0.15) is 0 Å². The second kappa shape index (κ2) is 6.62. The molecule has 0 aliphatic carbocycles. The van der Waals surface area contributed by atoms with E-state index in [9.17, 15) is 20.1 Å². The molecule has 0 fully saturated rings. The summed E-state index contributed by atoms with van der Waals surface area (Å²) in [6.45, 7) is -0.602. The van der Waals surface area contributed by atoms with E-state index in [1.165, 1.54) is 36.4 Å². The van der Waals surface area contributed by atoms with Gasteiger partial charge in [-0.05, 0) is 36.4 Å². The van der Waals surface area contributed by atoms with Crippen molar-refractivity contribution in [3.05, 3.63) is 46.4 Å². The molecule has 0 aliphatic rings. The van der Waals surface area contributed by atoms with Crippen LogP contribution in [-0.4, -0.2) is 30.9 Å². The van der Waals surface area contributed by atoms with Crippen molar-refractivity contribution in [3.63, 3.8) is 0 Å². The van der Waals surface area contributed by atoms with Crippen LogP contribution in [0.15, 0.2) is 36.4 Å². The molecule has 128 valence electrons. The minimum absolute atomic E-state index is 0.0376. The fraction of sp³-hybridized carbons (Fsp3) is 0.0625. The summed E-state index contributed by atoms with van der Waals surface area (Å²) in [5.41, 5.74) is 0.404. The number of carboxylic acid groups (broad SMARTS) is 1. The monoisotopic (exact) mass is 378 g/mol. The van der Waals surface area contributed by atoms with E-state index in [0.29, 0.717) is 10.0 Å². The van der Waals surface area contributed by atoms with Gasteiger partial charge in [-0.1, -0.05) is 23.2 Å². The Morgan fingerprint density at radius 2 is 1.60 bits per heavy atom. The van der Waals surface area contributed by atoms with Gasteiger partial charge in [0.15, 0.2) is 11.6 Å². The van der Waals surface area contributed by atoms with Crippen LogP contribution in [0.5, 0.6) is 11.5 Å². The molecule has 0 atom stereocenters. The lowest BCUT2D eigenvalue weighted by Gasteiger charge is -2.08. The SMILES string of the molecule is O=C([O-])Cn1nc(-c2cc(Cl)ccc2O)nc1-c1cc(Cl)ccc1O. The van der Waals surface area contributed by atoms with Crippen LogP contribution in [0.3, 0.4) is 0 Å². The molecule has 3 aromatic rings. The fourth-order valence-electron chi connectivity index (χ4n) is 2.26. The number of aliphatic carboxylic acids is 1. The number of halogens is 2. The van der Waals surface area contributed by atoms with Crippen LogP contribution in [0.25, 0.3) is 22.8 Å². The highest BCUT2D eigenvalue weighted by Crippen LogP contribution is 2.34. The molecular weight excluding hydrogens is 369 g/mol. The van der Waals surface area contributed by atoms with Crippen molar-refractivity contribution in [2.24, 2.45) is 0 Å². The van der Waals surface area contributed by atoms with Gasteiger partial charge in [0, 0.05) is 10.0 Å². The van der Waals surface area contributed by atoms with E-state index in [0.717, 1.165) is 4.68 Å². The molecule has 0 radical (unpaired) electrons. The van der Waals surface area contributed by atoms with Crippen LogP contribution in [0, 0.1) is 0 Å². The Balaban J connectivity index is 2.21. The first-order valence-corrected chi connectivity index (χ1v) is 7.73. The summed E-state index contributed by atoms with van der Waals surface area (Å²) in [5, 5.41) is 35.8. The van der Waals surface area contributed by atoms with Gasteiger partial charge < -0.3 is 20.1 Å². The van der Waals surface area contributed by atoms with Gasteiger partial charge in [0.2, 0.25) is 0 Å². The van der Waals surface area contributed by atoms with E-state index in [4.69, 9.17) is 23.2 Å². The first-order chi connectivity index (χ1) is 11.8. The highest BCUT2D eigenvalue weighted by molar-refractivity contribution is 6.31. The number of carboxylic acids is 1. The first-order valence-electron chi connectivity index (χ1n) is 6.97. The molecule has 1 aromatic heterocycles. The van der Waals surface area contributed by atoms with E-state index >= 15 is 0 Å².